The quantitative estimate of drug-likeness (QED) is 0.849. The molecule has 1 heterocycles. The lowest BCUT2D eigenvalue weighted by molar-refractivity contribution is -0.116. The summed E-state index contributed by atoms with van der Waals surface area (Å²) in [5.74, 6) is -0.101. The van der Waals surface area contributed by atoms with Gasteiger partial charge in [0.1, 0.15) is 11.1 Å². The molecule has 0 aliphatic heterocycles. The van der Waals surface area contributed by atoms with Crippen LogP contribution in [0.3, 0.4) is 0 Å². The summed E-state index contributed by atoms with van der Waals surface area (Å²) in [5.41, 5.74) is 9.02. The highest BCUT2D eigenvalue weighted by molar-refractivity contribution is 7.16. The summed E-state index contributed by atoms with van der Waals surface area (Å²) in [6.45, 7) is 3.84. The van der Waals surface area contributed by atoms with Crippen LogP contribution in [0.25, 0.3) is 0 Å². The molecule has 0 aliphatic rings. The zero-order chi connectivity index (χ0) is 15.4. The normalized spacial score (nSPS) is 10.1. The predicted octanol–water partition coefficient (Wildman–Crippen LogP) is 3.39. The van der Waals surface area contributed by atoms with Gasteiger partial charge in [-0.05, 0) is 37.5 Å². The first-order valence-corrected chi connectivity index (χ1v) is 7.48. The van der Waals surface area contributed by atoms with Gasteiger partial charge in [-0.3, -0.25) is 4.79 Å². The number of thiophene rings is 1. The highest BCUT2D eigenvalue weighted by atomic mass is 32.1. The lowest BCUT2D eigenvalue weighted by Crippen LogP contribution is -2.12. The van der Waals surface area contributed by atoms with E-state index in [1.54, 1.807) is 0 Å². The molecule has 3 N–H and O–H groups in total. The molecule has 0 saturated carbocycles. The minimum atomic E-state index is -0.101. The maximum atomic E-state index is 12.0. The number of rotatable bonds is 4. The number of nitriles is 1. The molecule has 108 valence electrons. The van der Waals surface area contributed by atoms with Gasteiger partial charge in [0.25, 0.3) is 0 Å². The van der Waals surface area contributed by atoms with E-state index in [9.17, 15) is 4.79 Å². The number of nitrogens with one attached hydrogen (secondary N) is 1. The van der Waals surface area contributed by atoms with Gasteiger partial charge in [0.2, 0.25) is 5.91 Å². The largest absolute Gasteiger partial charge is 0.399 e. The van der Waals surface area contributed by atoms with Crippen LogP contribution in [-0.4, -0.2) is 5.91 Å². The fraction of sp³-hybridized carbons (Fsp3) is 0.250. The zero-order valence-electron chi connectivity index (χ0n) is 12.1. The molecular weight excluding hydrogens is 282 g/mol. The second-order valence-electron chi connectivity index (χ2n) is 4.85. The van der Waals surface area contributed by atoms with Gasteiger partial charge in [-0.2, -0.15) is 5.26 Å². The van der Waals surface area contributed by atoms with Crippen LogP contribution in [0, 0.1) is 25.2 Å². The molecule has 0 unspecified atom stereocenters. The SMILES string of the molecule is Cc1sc(NC(=O)CCc2ccccc2N)c(C#N)c1C. The molecule has 2 aromatic rings. The third kappa shape index (κ3) is 3.41. The lowest BCUT2D eigenvalue weighted by Gasteiger charge is -2.06. The van der Waals surface area contributed by atoms with Gasteiger partial charge >= 0.3 is 0 Å². The number of nitrogens with zero attached hydrogens (tertiary/aromatic N) is 1. The molecule has 0 bridgehead atoms. The number of benzene rings is 1. The molecule has 2 rings (SSSR count). The summed E-state index contributed by atoms with van der Waals surface area (Å²) in [4.78, 5) is 13.1. The monoisotopic (exact) mass is 299 g/mol. The molecular formula is C16H17N3OS. The van der Waals surface area contributed by atoms with Crippen molar-refractivity contribution < 1.29 is 4.79 Å². The van der Waals surface area contributed by atoms with Gasteiger partial charge in [-0.1, -0.05) is 18.2 Å². The van der Waals surface area contributed by atoms with Gasteiger partial charge < -0.3 is 11.1 Å². The number of amides is 1. The molecule has 4 nitrogen and oxygen atoms in total. The summed E-state index contributed by atoms with van der Waals surface area (Å²) in [5, 5.41) is 12.6. The van der Waals surface area contributed by atoms with Crippen LogP contribution >= 0.6 is 11.3 Å². The van der Waals surface area contributed by atoms with Crippen molar-refractivity contribution >= 4 is 27.9 Å². The fourth-order valence-electron chi connectivity index (χ4n) is 2.05. The zero-order valence-corrected chi connectivity index (χ0v) is 12.9. The van der Waals surface area contributed by atoms with Crippen molar-refractivity contribution in [1.29, 1.82) is 5.26 Å². The van der Waals surface area contributed by atoms with Crippen molar-refractivity contribution in [2.45, 2.75) is 26.7 Å². The maximum Gasteiger partial charge on any atom is 0.225 e. The molecule has 0 atom stereocenters. The Hall–Kier alpha value is -2.32. The van der Waals surface area contributed by atoms with Crippen molar-refractivity contribution in [2.24, 2.45) is 0 Å². The standard InChI is InChI=1S/C16H17N3OS/c1-10-11(2)21-16(13(10)9-17)19-15(20)8-7-12-5-3-4-6-14(12)18/h3-6H,7-8,18H2,1-2H3,(H,19,20). The minimum Gasteiger partial charge on any atom is -0.399 e. The number of nitrogens with two attached hydrogens (primary N) is 1. The van der Waals surface area contributed by atoms with E-state index in [0.29, 0.717) is 29.1 Å². The molecule has 0 radical (unpaired) electrons. The molecule has 0 spiro atoms. The lowest BCUT2D eigenvalue weighted by atomic mass is 10.1. The number of aryl methyl sites for hydroxylation is 2. The van der Waals surface area contributed by atoms with Gasteiger partial charge in [0.15, 0.2) is 0 Å². The molecule has 0 aliphatic carbocycles. The highest BCUT2D eigenvalue weighted by Crippen LogP contribution is 2.31. The minimum absolute atomic E-state index is 0.101. The Labute approximate surface area is 128 Å². The summed E-state index contributed by atoms with van der Waals surface area (Å²) in [6, 6.07) is 9.67. The number of carbonyl (C=O) groups excluding carboxylic acids is 1. The number of para-hydroxylation sites is 1. The first-order chi connectivity index (χ1) is 10.0. The van der Waals surface area contributed by atoms with E-state index in [0.717, 1.165) is 16.0 Å². The Morgan fingerprint density at radius 2 is 2.10 bits per heavy atom. The van der Waals surface area contributed by atoms with E-state index >= 15 is 0 Å². The summed E-state index contributed by atoms with van der Waals surface area (Å²) in [6.07, 6.45) is 0.929. The average molecular weight is 299 g/mol. The van der Waals surface area contributed by atoms with E-state index in [-0.39, 0.29) is 5.91 Å². The molecule has 5 heteroatoms. The van der Waals surface area contributed by atoms with Crippen molar-refractivity contribution in [3.05, 3.63) is 45.8 Å². The second-order valence-corrected chi connectivity index (χ2v) is 6.07. The molecule has 1 amide bonds. The average Bonchev–Trinajstić information content (AvgIpc) is 2.72. The van der Waals surface area contributed by atoms with E-state index < -0.39 is 0 Å². The van der Waals surface area contributed by atoms with E-state index in [1.807, 2.05) is 38.1 Å². The molecule has 1 aromatic heterocycles. The summed E-state index contributed by atoms with van der Waals surface area (Å²) < 4.78 is 0. The topological polar surface area (TPSA) is 78.9 Å². The van der Waals surface area contributed by atoms with Crippen LogP contribution in [0.4, 0.5) is 10.7 Å². The van der Waals surface area contributed by atoms with Crippen LogP contribution in [0.1, 0.15) is 28.0 Å². The second kappa shape index (κ2) is 6.42. The maximum absolute atomic E-state index is 12.0. The fourth-order valence-corrected chi connectivity index (χ4v) is 3.08. The van der Waals surface area contributed by atoms with Crippen LogP contribution in [-0.2, 0) is 11.2 Å². The number of hydrogen-bond donors (Lipinski definition) is 2. The Kier molecular flexibility index (Phi) is 4.61. The number of nitrogen functional groups attached to an aromatic ring is 1. The Morgan fingerprint density at radius 3 is 2.76 bits per heavy atom. The van der Waals surface area contributed by atoms with E-state index in [1.165, 1.54) is 11.3 Å². The Bertz CT molecular complexity index is 713. The molecule has 1 aromatic carbocycles. The number of carbonyl (C=O) groups is 1. The van der Waals surface area contributed by atoms with Crippen LogP contribution in [0.5, 0.6) is 0 Å². The van der Waals surface area contributed by atoms with Gasteiger partial charge in [-0.15, -0.1) is 11.3 Å². The van der Waals surface area contributed by atoms with Crippen molar-refractivity contribution in [1.82, 2.24) is 0 Å². The van der Waals surface area contributed by atoms with Gasteiger partial charge in [-0.25, -0.2) is 0 Å². The van der Waals surface area contributed by atoms with E-state index in [2.05, 4.69) is 11.4 Å². The van der Waals surface area contributed by atoms with Gasteiger partial charge in [0.05, 0.1) is 5.56 Å². The highest BCUT2D eigenvalue weighted by Gasteiger charge is 2.14. The summed E-state index contributed by atoms with van der Waals surface area (Å²) >= 11 is 1.44. The third-order valence-corrected chi connectivity index (χ3v) is 4.55. The van der Waals surface area contributed by atoms with Crippen LogP contribution in [0.2, 0.25) is 0 Å². The van der Waals surface area contributed by atoms with Crippen molar-refractivity contribution in [3.63, 3.8) is 0 Å². The molecule has 0 saturated heterocycles. The van der Waals surface area contributed by atoms with Gasteiger partial charge in [0, 0.05) is 17.0 Å². The first-order valence-electron chi connectivity index (χ1n) is 6.66. The molecule has 21 heavy (non-hydrogen) atoms. The smallest absolute Gasteiger partial charge is 0.225 e. The van der Waals surface area contributed by atoms with Crippen molar-refractivity contribution in [3.8, 4) is 6.07 Å². The Balaban J connectivity index is 2.02. The number of anilines is 2. The summed E-state index contributed by atoms with van der Waals surface area (Å²) in [7, 11) is 0. The Morgan fingerprint density at radius 1 is 1.38 bits per heavy atom. The predicted molar refractivity (Wildman–Crippen MR) is 86.3 cm³/mol. The first kappa shape index (κ1) is 15.1. The van der Waals surface area contributed by atoms with E-state index in [4.69, 9.17) is 11.0 Å². The van der Waals surface area contributed by atoms with Crippen LogP contribution in [0.15, 0.2) is 24.3 Å². The number of hydrogen-bond acceptors (Lipinski definition) is 4. The van der Waals surface area contributed by atoms with Crippen LogP contribution < -0.4 is 11.1 Å². The molecule has 0 fully saturated rings. The van der Waals surface area contributed by atoms with Crippen molar-refractivity contribution in [2.75, 3.05) is 11.1 Å². The third-order valence-electron chi connectivity index (χ3n) is 3.43.